The number of aryl methyl sites for hydroxylation is 1. The molecule has 0 unspecified atom stereocenters. The lowest BCUT2D eigenvalue weighted by atomic mass is 10.1. The molecule has 1 atom stereocenters. The zero-order chi connectivity index (χ0) is 13.4. The van der Waals surface area contributed by atoms with E-state index in [4.69, 9.17) is 4.74 Å². The van der Waals surface area contributed by atoms with Gasteiger partial charge in [-0.05, 0) is 48.3 Å². The first-order valence-corrected chi connectivity index (χ1v) is 7.59. The van der Waals surface area contributed by atoms with Crippen LogP contribution < -0.4 is 4.74 Å². The zero-order valence-corrected chi connectivity index (χ0v) is 13.0. The summed E-state index contributed by atoms with van der Waals surface area (Å²) < 4.78 is 11.4. The maximum atomic E-state index is 11.3. The minimum Gasteiger partial charge on any atom is -0.479 e. The maximum Gasteiger partial charge on any atom is 0.346 e. The van der Waals surface area contributed by atoms with Crippen molar-refractivity contribution in [2.45, 2.75) is 32.3 Å². The summed E-state index contributed by atoms with van der Waals surface area (Å²) in [5, 5.41) is 0. The van der Waals surface area contributed by atoms with E-state index in [1.165, 1.54) is 29.9 Å². The van der Waals surface area contributed by atoms with Crippen LogP contribution in [0.4, 0.5) is 0 Å². The predicted octanol–water partition coefficient (Wildman–Crippen LogP) is 3.38. The number of carbonyl (C=O) groups is 1. The summed E-state index contributed by atoms with van der Waals surface area (Å²) >= 11 is 2.39. The summed E-state index contributed by atoms with van der Waals surface area (Å²) in [5.41, 5.74) is 1.24. The lowest BCUT2D eigenvalue weighted by Gasteiger charge is -2.13. The van der Waals surface area contributed by atoms with Gasteiger partial charge in [-0.2, -0.15) is 0 Å². The third-order valence-corrected chi connectivity index (χ3v) is 3.36. The first-order valence-electron chi connectivity index (χ1n) is 6.06. The molecule has 0 aliphatic carbocycles. The van der Waals surface area contributed by atoms with Crippen molar-refractivity contribution in [2.24, 2.45) is 0 Å². The molecule has 1 aromatic rings. The SMILES string of the molecule is COC(=O)[C@H](C)Oc1cccc(CCCCI)c1. The van der Waals surface area contributed by atoms with Gasteiger partial charge in [0.05, 0.1) is 7.11 Å². The standard InChI is InChI=1S/C14H19IO3/c1-11(14(16)17-2)18-13-8-5-7-12(10-13)6-3-4-9-15/h5,7-8,10-11H,3-4,6,9H2,1-2H3/t11-/m0/s1. The van der Waals surface area contributed by atoms with Crippen molar-refractivity contribution < 1.29 is 14.3 Å². The molecule has 0 amide bonds. The van der Waals surface area contributed by atoms with Crippen LogP contribution in [0, 0.1) is 0 Å². The lowest BCUT2D eigenvalue weighted by molar-refractivity contribution is -0.147. The summed E-state index contributed by atoms with van der Waals surface area (Å²) in [6.45, 7) is 1.69. The first-order chi connectivity index (χ1) is 8.67. The van der Waals surface area contributed by atoms with Gasteiger partial charge in [0.15, 0.2) is 6.10 Å². The largest absolute Gasteiger partial charge is 0.479 e. The van der Waals surface area contributed by atoms with Gasteiger partial charge in [0.1, 0.15) is 5.75 Å². The quantitative estimate of drug-likeness (QED) is 0.323. The van der Waals surface area contributed by atoms with Gasteiger partial charge in [-0.15, -0.1) is 0 Å². The van der Waals surface area contributed by atoms with Crippen molar-refractivity contribution in [3.05, 3.63) is 29.8 Å². The zero-order valence-electron chi connectivity index (χ0n) is 10.8. The van der Waals surface area contributed by atoms with E-state index < -0.39 is 6.10 Å². The Morgan fingerprint density at radius 1 is 1.39 bits per heavy atom. The second-order valence-corrected chi connectivity index (χ2v) is 5.16. The molecule has 4 heteroatoms. The minimum absolute atomic E-state index is 0.356. The molecule has 0 radical (unpaired) electrons. The average molecular weight is 362 g/mol. The number of alkyl halides is 1. The number of carbonyl (C=O) groups excluding carboxylic acids is 1. The smallest absolute Gasteiger partial charge is 0.346 e. The number of halogens is 1. The summed E-state index contributed by atoms with van der Waals surface area (Å²) in [4.78, 5) is 11.3. The molecule has 0 heterocycles. The Kier molecular flexibility index (Phi) is 7.08. The average Bonchev–Trinajstić information content (AvgIpc) is 2.38. The Labute approximate surface area is 122 Å². The summed E-state index contributed by atoms with van der Waals surface area (Å²) in [6.07, 6.45) is 2.88. The molecular weight excluding hydrogens is 343 g/mol. The highest BCUT2D eigenvalue weighted by atomic mass is 127. The molecule has 0 fully saturated rings. The highest BCUT2D eigenvalue weighted by Crippen LogP contribution is 2.17. The number of unbranched alkanes of at least 4 members (excludes halogenated alkanes) is 1. The molecule has 0 saturated carbocycles. The molecule has 0 N–H and O–H groups in total. The summed E-state index contributed by atoms with van der Waals surface area (Å²) in [6, 6.07) is 7.90. The van der Waals surface area contributed by atoms with Gasteiger partial charge in [-0.3, -0.25) is 0 Å². The molecule has 0 aromatic heterocycles. The van der Waals surface area contributed by atoms with Crippen LogP contribution in [0.2, 0.25) is 0 Å². The van der Waals surface area contributed by atoms with Crippen molar-refractivity contribution in [1.82, 2.24) is 0 Å². The Balaban J connectivity index is 2.56. The van der Waals surface area contributed by atoms with Crippen molar-refractivity contribution in [3.8, 4) is 5.75 Å². The molecule has 18 heavy (non-hydrogen) atoms. The van der Waals surface area contributed by atoms with Crippen LogP contribution in [0.3, 0.4) is 0 Å². The topological polar surface area (TPSA) is 35.5 Å². The van der Waals surface area contributed by atoms with Gasteiger partial charge in [-0.1, -0.05) is 34.7 Å². The Morgan fingerprint density at radius 2 is 2.17 bits per heavy atom. The maximum absolute atomic E-state index is 11.3. The van der Waals surface area contributed by atoms with Crippen molar-refractivity contribution in [3.63, 3.8) is 0 Å². The van der Waals surface area contributed by atoms with E-state index in [-0.39, 0.29) is 5.97 Å². The molecule has 1 rings (SSSR count). The fourth-order valence-electron chi connectivity index (χ4n) is 1.62. The van der Waals surface area contributed by atoms with Crippen LogP contribution in [0.5, 0.6) is 5.75 Å². The number of esters is 1. The molecule has 1 aromatic carbocycles. The van der Waals surface area contributed by atoms with E-state index in [1.807, 2.05) is 18.2 Å². The normalized spacial score (nSPS) is 11.9. The first kappa shape index (κ1) is 15.3. The number of rotatable bonds is 7. The van der Waals surface area contributed by atoms with E-state index >= 15 is 0 Å². The van der Waals surface area contributed by atoms with Gasteiger partial charge in [-0.25, -0.2) is 4.79 Å². The Morgan fingerprint density at radius 3 is 2.83 bits per heavy atom. The van der Waals surface area contributed by atoms with Gasteiger partial charge in [0.2, 0.25) is 0 Å². The fraction of sp³-hybridized carbons (Fsp3) is 0.500. The molecule has 0 aliphatic rings. The van der Waals surface area contributed by atoms with E-state index in [9.17, 15) is 4.79 Å². The van der Waals surface area contributed by atoms with E-state index in [0.29, 0.717) is 0 Å². The van der Waals surface area contributed by atoms with Crippen LogP contribution in [0.25, 0.3) is 0 Å². The van der Waals surface area contributed by atoms with Gasteiger partial charge < -0.3 is 9.47 Å². The second-order valence-electron chi connectivity index (χ2n) is 4.08. The van der Waals surface area contributed by atoms with Crippen molar-refractivity contribution in [1.29, 1.82) is 0 Å². The summed E-state index contributed by atoms with van der Waals surface area (Å²) in [5.74, 6) is 0.366. The number of benzene rings is 1. The van der Waals surface area contributed by atoms with Gasteiger partial charge in [0.25, 0.3) is 0 Å². The van der Waals surface area contributed by atoms with Crippen molar-refractivity contribution in [2.75, 3.05) is 11.5 Å². The highest BCUT2D eigenvalue weighted by molar-refractivity contribution is 14.1. The van der Waals surface area contributed by atoms with Crippen LogP contribution in [0.15, 0.2) is 24.3 Å². The lowest BCUT2D eigenvalue weighted by Crippen LogP contribution is -2.24. The molecule has 3 nitrogen and oxygen atoms in total. The van der Waals surface area contributed by atoms with E-state index in [0.717, 1.165) is 12.2 Å². The van der Waals surface area contributed by atoms with Crippen LogP contribution in [-0.2, 0) is 16.0 Å². The molecule has 0 saturated heterocycles. The summed E-state index contributed by atoms with van der Waals surface area (Å²) in [7, 11) is 1.36. The third kappa shape index (κ3) is 5.25. The molecule has 0 spiro atoms. The van der Waals surface area contributed by atoms with Crippen molar-refractivity contribution >= 4 is 28.6 Å². The molecule has 100 valence electrons. The molecular formula is C14H19IO3. The number of methoxy groups -OCH3 is 1. The Bertz CT molecular complexity index is 379. The number of hydrogen-bond acceptors (Lipinski definition) is 3. The minimum atomic E-state index is -0.570. The predicted molar refractivity (Wildman–Crippen MR) is 80.4 cm³/mol. The fourth-order valence-corrected chi connectivity index (χ4v) is 2.16. The number of ether oxygens (including phenoxy) is 2. The monoisotopic (exact) mass is 362 g/mol. The molecule has 0 bridgehead atoms. The van der Waals surface area contributed by atoms with E-state index in [1.54, 1.807) is 6.92 Å². The number of hydrogen-bond donors (Lipinski definition) is 0. The van der Waals surface area contributed by atoms with Crippen LogP contribution in [0.1, 0.15) is 25.3 Å². The molecule has 0 aliphatic heterocycles. The Hall–Kier alpha value is -0.780. The van der Waals surface area contributed by atoms with E-state index in [2.05, 4.69) is 33.4 Å². The van der Waals surface area contributed by atoms with Crippen LogP contribution in [-0.4, -0.2) is 23.6 Å². The van der Waals surface area contributed by atoms with Gasteiger partial charge >= 0.3 is 5.97 Å². The third-order valence-electron chi connectivity index (χ3n) is 2.59. The van der Waals surface area contributed by atoms with Gasteiger partial charge in [0, 0.05) is 0 Å². The second kappa shape index (κ2) is 8.34. The highest BCUT2D eigenvalue weighted by Gasteiger charge is 2.14. The van der Waals surface area contributed by atoms with Crippen LogP contribution >= 0.6 is 22.6 Å².